The van der Waals surface area contributed by atoms with Gasteiger partial charge in [-0.3, -0.25) is 28.5 Å². The zero-order valence-corrected chi connectivity index (χ0v) is 25.9. The lowest BCUT2D eigenvalue weighted by molar-refractivity contribution is -0.254. The van der Waals surface area contributed by atoms with Gasteiger partial charge in [-0.25, -0.2) is 4.98 Å². The Morgan fingerprint density at radius 2 is 1.47 bits per heavy atom. The van der Waals surface area contributed by atoms with Crippen molar-refractivity contribution in [3.8, 4) is 5.69 Å². The van der Waals surface area contributed by atoms with E-state index in [1.54, 1.807) is 49.4 Å². The van der Waals surface area contributed by atoms with Gasteiger partial charge in [0, 0.05) is 33.4 Å². The summed E-state index contributed by atoms with van der Waals surface area (Å²) in [4.78, 5) is 65.3. The number of carbonyl (C=O) groups excluding carboxylic acids is 4. The Balaban J connectivity index is 1.57. The van der Waals surface area contributed by atoms with Crippen molar-refractivity contribution >= 4 is 57.8 Å². The Morgan fingerprint density at radius 3 is 2.09 bits per heavy atom. The summed E-state index contributed by atoms with van der Waals surface area (Å²) in [5.41, 5.74) is 1.51. The van der Waals surface area contributed by atoms with Gasteiger partial charge in [0.25, 0.3) is 5.56 Å². The molecule has 1 aliphatic heterocycles. The number of aromatic nitrogens is 2. The van der Waals surface area contributed by atoms with E-state index < -0.39 is 54.5 Å². The number of para-hydroxylation sites is 1. The molecule has 0 amide bonds. The number of thiocarbonyl (C=S) groups is 1. The van der Waals surface area contributed by atoms with E-state index in [1.807, 2.05) is 6.07 Å². The number of hydrogen-bond donors (Lipinski definition) is 2. The summed E-state index contributed by atoms with van der Waals surface area (Å²) in [5, 5.41) is 6.37. The molecular formula is C30H32N4O10S. The first-order valence-electron chi connectivity index (χ1n) is 13.8. The van der Waals surface area contributed by atoms with Gasteiger partial charge in [-0.15, -0.1) is 0 Å². The zero-order valence-electron chi connectivity index (χ0n) is 25.1. The second kappa shape index (κ2) is 14.3. The third-order valence-electron chi connectivity index (χ3n) is 6.59. The average Bonchev–Trinajstić information content (AvgIpc) is 2.95. The number of nitrogens with one attached hydrogen (secondary N) is 2. The molecule has 238 valence electrons. The second-order valence-corrected chi connectivity index (χ2v) is 10.5. The van der Waals surface area contributed by atoms with Crippen molar-refractivity contribution in [2.24, 2.45) is 0 Å². The predicted molar refractivity (Wildman–Crippen MR) is 163 cm³/mol. The third kappa shape index (κ3) is 8.19. The van der Waals surface area contributed by atoms with E-state index in [0.29, 0.717) is 28.1 Å². The van der Waals surface area contributed by atoms with Gasteiger partial charge in [0.05, 0.1) is 16.6 Å². The van der Waals surface area contributed by atoms with E-state index >= 15 is 0 Å². The summed E-state index contributed by atoms with van der Waals surface area (Å²) >= 11 is 5.49. The average molecular weight is 641 g/mol. The third-order valence-corrected chi connectivity index (χ3v) is 6.81. The van der Waals surface area contributed by atoms with Crippen LogP contribution >= 0.6 is 12.2 Å². The highest BCUT2D eigenvalue weighted by Gasteiger charge is 2.52. The lowest BCUT2D eigenvalue weighted by Crippen LogP contribution is -2.66. The molecule has 0 unspecified atom stereocenters. The Labute approximate surface area is 262 Å². The van der Waals surface area contributed by atoms with Crippen LogP contribution in [0.4, 0.5) is 5.69 Å². The first-order valence-corrected chi connectivity index (χ1v) is 14.2. The monoisotopic (exact) mass is 640 g/mol. The molecule has 0 aliphatic carbocycles. The molecule has 0 saturated carbocycles. The molecule has 1 fully saturated rings. The lowest BCUT2D eigenvalue weighted by atomic mass is 9.97. The quantitative estimate of drug-likeness (QED) is 0.208. The van der Waals surface area contributed by atoms with Crippen LogP contribution in [0.5, 0.6) is 0 Å². The van der Waals surface area contributed by atoms with Gasteiger partial charge in [0.2, 0.25) is 0 Å². The molecule has 0 bridgehead atoms. The Kier molecular flexibility index (Phi) is 10.5. The molecule has 2 aromatic carbocycles. The van der Waals surface area contributed by atoms with Crippen LogP contribution in [0, 0.1) is 6.92 Å². The van der Waals surface area contributed by atoms with E-state index in [1.165, 1.54) is 11.5 Å². The standard InChI is InChI=1S/C30H32N4O10S/c1-15-31-23-9-7-6-8-22(23)29(39)34(15)21-12-10-20(11-13-21)32-30(45)33-28-27(43-19(5)38)26(42-18(4)37)25(41-17(3)36)24(44-28)14-40-16(2)35/h6-13,24-28H,14H2,1-5H3,(H2,32,33,45)/t24-,25-,26+,27-,28-/m1/s1. The lowest BCUT2D eigenvalue weighted by Gasteiger charge is -2.44. The Bertz CT molecular complexity index is 1680. The minimum absolute atomic E-state index is 0.0179. The highest BCUT2D eigenvalue weighted by Crippen LogP contribution is 2.28. The number of rotatable bonds is 8. The highest BCUT2D eigenvalue weighted by atomic mass is 32.1. The first kappa shape index (κ1) is 33.0. The summed E-state index contributed by atoms with van der Waals surface area (Å²) in [6, 6.07) is 13.9. The Morgan fingerprint density at radius 1 is 0.867 bits per heavy atom. The molecule has 1 saturated heterocycles. The van der Waals surface area contributed by atoms with Crippen molar-refractivity contribution in [2.75, 3.05) is 11.9 Å². The minimum atomic E-state index is -1.35. The number of benzene rings is 2. The number of fused-ring (bicyclic) bond motifs is 1. The number of aryl methyl sites for hydroxylation is 1. The molecule has 14 nitrogen and oxygen atoms in total. The molecule has 5 atom stereocenters. The first-order chi connectivity index (χ1) is 21.3. The molecule has 2 N–H and O–H groups in total. The molecule has 0 radical (unpaired) electrons. The van der Waals surface area contributed by atoms with Crippen molar-refractivity contribution in [1.82, 2.24) is 14.9 Å². The molecule has 45 heavy (non-hydrogen) atoms. The van der Waals surface area contributed by atoms with Crippen molar-refractivity contribution in [3.63, 3.8) is 0 Å². The molecule has 1 aliphatic rings. The van der Waals surface area contributed by atoms with Crippen molar-refractivity contribution in [3.05, 3.63) is 64.7 Å². The van der Waals surface area contributed by atoms with Gasteiger partial charge in [-0.2, -0.15) is 0 Å². The van der Waals surface area contributed by atoms with Crippen LogP contribution in [-0.4, -0.2) is 75.8 Å². The van der Waals surface area contributed by atoms with Crippen LogP contribution < -0.4 is 16.2 Å². The van der Waals surface area contributed by atoms with Gasteiger partial charge < -0.3 is 34.3 Å². The van der Waals surface area contributed by atoms with Crippen LogP contribution in [0.1, 0.15) is 33.5 Å². The van der Waals surface area contributed by atoms with Gasteiger partial charge in [-0.05, 0) is 55.5 Å². The normalized spacial score (nSPS) is 20.9. The van der Waals surface area contributed by atoms with E-state index in [-0.39, 0.29) is 17.3 Å². The van der Waals surface area contributed by atoms with E-state index in [9.17, 15) is 24.0 Å². The summed E-state index contributed by atoms with van der Waals surface area (Å²) < 4.78 is 28.9. The van der Waals surface area contributed by atoms with Crippen LogP contribution in [0.3, 0.4) is 0 Å². The largest absolute Gasteiger partial charge is 0.463 e. The fraction of sp³-hybridized carbons (Fsp3) is 0.367. The minimum Gasteiger partial charge on any atom is -0.463 e. The summed E-state index contributed by atoms with van der Waals surface area (Å²) in [7, 11) is 0. The molecule has 3 aromatic rings. The number of carbonyl (C=O) groups is 4. The van der Waals surface area contributed by atoms with Crippen molar-refractivity contribution < 1.29 is 42.9 Å². The van der Waals surface area contributed by atoms with Gasteiger partial charge >= 0.3 is 23.9 Å². The van der Waals surface area contributed by atoms with E-state index in [0.717, 1.165) is 20.8 Å². The smallest absolute Gasteiger partial charge is 0.303 e. The van der Waals surface area contributed by atoms with Crippen molar-refractivity contribution in [2.45, 2.75) is 65.3 Å². The van der Waals surface area contributed by atoms with E-state index in [2.05, 4.69) is 15.6 Å². The fourth-order valence-electron chi connectivity index (χ4n) is 4.88. The number of nitrogens with zero attached hydrogens (tertiary/aromatic N) is 2. The van der Waals surface area contributed by atoms with Gasteiger partial charge in [0.15, 0.2) is 29.7 Å². The fourth-order valence-corrected chi connectivity index (χ4v) is 5.12. The molecular weight excluding hydrogens is 608 g/mol. The van der Waals surface area contributed by atoms with Gasteiger partial charge in [-0.1, -0.05) is 12.1 Å². The molecule has 15 heteroatoms. The molecule has 0 spiro atoms. The topological polar surface area (TPSA) is 173 Å². The molecule has 4 rings (SSSR count). The molecule has 1 aromatic heterocycles. The maximum atomic E-state index is 13.2. The summed E-state index contributed by atoms with van der Waals surface area (Å²) in [5.74, 6) is -2.35. The summed E-state index contributed by atoms with van der Waals surface area (Å²) in [6.07, 6.45) is -6.35. The van der Waals surface area contributed by atoms with E-state index in [4.69, 9.17) is 35.9 Å². The maximum Gasteiger partial charge on any atom is 0.303 e. The second-order valence-electron chi connectivity index (χ2n) is 10.1. The highest BCUT2D eigenvalue weighted by molar-refractivity contribution is 7.80. The van der Waals surface area contributed by atoms with Crippen LogP contribution in [-0.2, 0) is 42.9 Å². The maximum absolute atomic E-state index is 13.2. The van der Waals surface area contributed by atoms with Crippen LogP contribution in [0.25, 0.3) is 16.6 Å². The number of ether oxygens (including phenoxy) is 5. The van der Waals surface area contributed by atoms with Crippen molar-refractivity contribution in [1.29, 1.82) is 0 Å². The zero-order chi connectivity index (χ0) is 32.8. The van der Waals surface area contributed by atoms with Crippen LogP contribution in [0.15, 0.2) is 53.3 Å². The summed E-state index contributed by atoms with van der Waals surface area (Å²) in [6.45, 7) is 5.96. The number of esters is 4. The SMILES string of the molecule is CC(=O)OC[C@H]1O[C@@H](NC(=S)Nc2ccc(-n3c(C)nc4ccccc4c3=O)cc2)[C@H](OC(C)=O)[C@@H](OC(C)=O)[C@@H]1OC(C)=O. The predicted octanol–water partition coefficient (Wildman–Crippen LogP) is 2.06. The number of hydrogen-bond acceptors (Lipinski definition) is 12. The molecule has 2 heterocycles. The Hall–Kier alpha value is -4.89. The van der Waals surface area contributed by atoms with Crippen LogP contribution in [0.2, 0.25) is 0 Å². The number of anilines is 1. The van der Waals surface area contributed by atoms with Gasteiger partial charge in [0.1, 0.15) is 18.5 Å².